The smallest absolute Gasteiger partial charge is 0.0205 e. The standard InChI is InChI=1S/C14H20N2.C2H6/c1-3-15-10-5-11-16-12-14-7-4-6-13(2)8-9-14;1-2/h3-7,9-10,15-16H,1,8,11-12H2,2H3;1-2H3. The maximum atomic E-state index is 3.56. The first-order chi connectivity index (χ1) is 8.83. The van der Waals surface area contributed by atoms with E-state index < -0.39 is 0 Å². The van der Waals surface area contributed by atoms with E-state index in [1.54, 1.807) is 6.20 Å². The zero-order chi connectivity index (χ0) is 13.6. The highest BCUT2D eigenvalue weighted by molar-refractivity contribution is 5.30. The minimum absolute atomic E-state index is 0.860. The van der Waals surface area contributed by atoms with Gasteiger partial charge >= 0.3 is 0 Å². The minimum atomic E-state index is 0.860. The van der Waals surface area contributed by atoms with Crippen molar-refractivity contribution in [2.24, 2.45) is 0 Å². The molecular weight excluding hydrogens is 220 g/mol. The summed E-state index contributed by atoms with van der Waals surface area (Å²) in [6, 6.07) is 0. The van der Waals surface area contributed by atoms with Crippen LogP contribution in [0.3, 0.4) is 0 Å². The lowest BCUT2D eigenvalue weighted by Gasteiger charge is -2.02. The highest BCUT2D eigenvalue weighted by Crippen LogP contribution is 2.09. The van der Waals surface area contributed by atoms with Gasteiger partial charge in [0.1, 0.15) is 0 Å². The van der Waals surface area contributed by atoms with Gasteiger partial charge in [0.25, 0.3) is 0 Å². The molecule has 0 bridgehead atoms. The van der Waals surface area contributed by atoms with Crippen LogP contribution in [0.15, 0.2) is 60.5 Å². The van der Waals surface area contributed by atoms with E-state index in [0.717, 1.165) is 19.5 Å². The summed E-state index contributed by atoms with van der Waals surface area (Å²) in [5, 5.41) is 6.26. The minimum Gasteiger partial charge on any atom is -0.368 e. The topological polar surface area (TPSA) is 24.1 Å². The van der Waals surface area contributed by atoms with Crippen LogP contribution in [-0.2, 0) is 0 Å². The van der Waals surface area contributed by atoms with Gasteiger partial charge in [0.15, 0.2) is 0 Å². The average Bonchev–Trinajstić information content (AvgIpc) is 2.61. The zero-order valence-electron chi connectivity index (χ0n) is 11.9. The second kappa shape index (κ2) is 11.9. The molecule has 0 amide bonds. The Morgan fingerprint density at radius 3 is 2.89 bits per heavy atom. The van der Waals surface area contributed by atoms with Gasteiger partial charge < -0.3 is 10.6 Å². The molecule has 0 aromatic heterocycles. The van der Waals surface area contributed by atoms with Crippen molar-refractivity contribution in [2.75, 3.05) is 13.1 Å². The first-order valence-corrected chi connectivity index (χ1v) is 6.58. The molecular formula is C16H26N2. The van der Waals surface area contributed by atoms with E-state index in [1.165, 1.54) is 11.1 Å². The Kier molecular flexibility index (Phi) is 10.9. The Hall–Kier alpha value is -1.54. The van der Waals surface area contributed by atoms with Crippen LogP contribution in [0.5, 0.6) is 0 Å². The summed E-state index contributed by atoms with van der Waals surface area (Å²) in [5.41, 5.74) is 2.75. The average molecular weight is 246 g/mol. The molecule has 0 saturated carbocycles. The van der Waals surface area contributed by atoms with Gasteiger partial charge in [-0.15, -0.1) is 0 Å². The molecule has 0 aromatic carbocycles. The summed E-state index contributed by atoms with van der Waals surface area (Å²) >= 11 is 0. The van der Waals surface area contributed by atoms with E-state index in [2.05, 4.69) is 48.4 Å². The van der Waals surface area contributed by atoms with Gasteiger partial charge in [-0.05, 0) is 31.3 Å². The van der Waals surface area contributed by atoms with E-state index in [0.29, 0.717) is 0 Å². The van der Waals surface area contributed by atoms with Crippen LogP contribution in [0.1, 0.15) is 27.2 Å². The fourth-order valence-electron chi connectivity index (χ4n) is 1.39. The maximum absolute atomic E-state index is 3.56. The zero-order valence-corrected chi connectivity index (χ0v) is 11.9. The molecule has 0 aliphatic heterocycles. The molecule has 0 spiro atoms. The third-order valence-corrected chi connectivity index (χ3v) is 2.30. The van der Waals surface area contributed by atoms with Gasteiger partial charge in [-0.1, -0.05) is 56.4 Å². The van der Waals surface area contributed by atoms with Crippen molar-refractivity contribution in [3.05, 3.63) is 60.5 Å². The number of rotatable bonds is 6. The summed E-state index contributed by atoms with van der Waals surface area (Å²) < 4.78 is 0. The lowest BCUT2D eigenvalue weighted by atomic mass is 10.2. The van der Waals surface area contributed by atoms with E-state index >= 15 is 0 Å². The Bertz CT molecular complexity index is 333. The van der Waals surface area contributed by atoms with Crippen molar-refractivity contribution in [3.63, 3.8) is 0 Å². The van der Waals surface area contributed by atoms with Crippen molar-refractivity contribution >= 4 is 0 Å². The predicted octanol–water partition coefficient (Wildman–Crippen LogP) is 3.68. The Morgan fingerprint density at radius 2 is 2.17 bits per heavy atom. The van der Waals surface area contributed by atoms with Crippen molar-refractivity contribution in [1.29, 1.82) is 0 Å². The molecule has 1 aliphatic rings. The van der Waals surface area contributed by atoms with Gasteiger partial charge in [-0.2, -0.15) is 0 Å². The van der Waals surface area contributed by atoms with Gasteiger partial charge in [-0.3, -0.25) is 0 Å². The van der Waals surface area contributed by atoms with E-state index in [4.69, 9.17) is 0 Å². The molecule has 0 heterocycles. The van der Waals surface area contributed by atoms with E-state index in [9.17, 15) is 0 Å². The van der Waals surface area contributed by atoms with Crippen molar-refractivity contribution in [3.8, 4) is 0 Å². The molecule has 1 rings (SSSR count). The molecule has 2 nitrogen and oxygen atoms in total. The molecule has 0 fully saturated rings. The van der Waals surface area contributed by atoms with Crippen LogP contribution < -0.4 is 10.6 Å². The van der Waals surface area contributed by atoms with Crippen LogP contribution in [0, 0.1) is 0 Å². The second-order valence-electron chi connectivity index (χ2n) is 3.76. The van der Waals surface area contributed by atoms with Gasteiger partial charge in [0, 0.05) is 13.1 Å². The van der Waals surface area contributed by atoms with Crippen molar-refractivity contribution < 1.29 is 0 Å². The number of nitrogens with one attached hydrogen (secondary N) is 2. The Balaban J connectivity index is 0.00000137. The fourth-order valence-corrected chi connectivity index (χ4v) is 1.39. The van der Waals surface area contributed by atoms with E-state index in [-0.39, 0.29) is 0 Å². The number of allylic oxidation sites excluding steroid dienone is 4. The van der Waals surface area contributed by atoms with Crippen molar-refractivity contribution in [1.82, 2.24) is 10.6 Å². The Morgan fingerprint density at radius 1 is 1.39 bits per heavy atom. The third-order valence-electron chi connectivity index (χ3n) is 2.30. The monoisotopic (exact) mass is 246 g/mol. The fraction of sp³-hybridized carbons (Fsp3) is 0.375. The van der Waals surface area contributed by atoms with E-state index in [1.807, 2.05) is 26.1 Å². The summed E-state index contributed by atoms with van der Waals surface area (Å²) in [4.78, 5) is 0. The highest BCUT2D eigenvalue weighted by atomic mass is 14.9. The van der Waals surface area contributed by atoms with Crippen LogP contribution >= 0.6 is 0 Å². The third kappa shape index (κ3) is 8.59. The molecule has 0 radical (unpaired) electrons. The molecule has 100 valence electrons. The lowest BCUT2D eigenvalue weighted by Crippen LogP contribution is -2.16. The predicted molar refractivity (Wildman–Crippen MR) is 82.3 cm³/mol. The molecule has 2 N–H and O–H groups in total. The summed E-state index contributed by atoms with van der Waals surface area (Å²) in [5.74, 6) is 0. The van der Waals surface area contributed by atoms with Gasteiger partial charge in [-0.25, -0.2) is 0 Å². The highest BCUT2D eigenvalue weighted by Gasteiger charge is 1.95. The molecule has 0 aromatic rings. The Labute approximate surface area is 112 Å². The van der Waals surface area contributed by atoms with Crippen LogP contribution in [-0.4, -0.2) is 13.1 Å². The molecule has 0 saturated heterocycles. The number of hydrogen-bond donors (Lipinski definition) is 2. The first-order valence-electron chi connectivity index (χ1n) is 6.58. The van der Waals surface area contributed by atoms with Gasteiger partial charge in [0.05, 0.1) is 0 Å². The van der Waals surface area contributed by atoms with Crippen LogP contribution in [0.2, 0.25) is 0 Å². The molecule has 0 atom stereocenters. The van der Waals surface area contributed by atoms with Crippen LogP contribution in [0.25, 0.3) is 0 Å². The van der Waals surface area contributed by atoms with Crippen LogP contribution in [0.4, 0.5) is 0 Å². The van der Waals surface area contributed by atoms with Gasteiger partial charge in [0.2, 0.25) is 0 Å². The molecule has 0 unspecified atom stereocenters. The number of hydrogen-bond acceptors (Lipinski definition) is 2. The summed E-state index contributed by atoms with van der Waals surface area (Å²) in [6.07, 6.45) is 15.3. The summed E-state index contributed by atoms with van der Waals surface area (Å²) in [6.45, 7) is 11.5. The second-order valence-corrected chi connectivity index (χ2v) is 3.76. The lowest BCUT2D eigenvalue weighted by molar-refractivity contribution is 0.820. The quantitative estimate of drug-likeness (QED) is 0.699. The molecule has 1 aliphatic carbocycles. The largest absolute Gasteiger partial charge is 0.368 e. The first kappa shape index (κ1) is 16.5. The molecule has 18 heavy (non-hydrogen) atoms. The van der Waals surface area contributed by atoms with Crippen molar-refractivity contribution in [2.45, 2.75) is 27.2 Å². The molecule has 2 heteroatoms. The maximum Gasteiger partial charge on any atom is 0.0205 e. The normalized spacial score (nSPS) is 14.2. The summed E-state index contributed by atoms with van der Waals surface area (Å²) in [7, 11) is 0. The SMILES string of the molecule is C=CNC=CCNCC1=CCC(C)=CC=C1.CC.